The second kappa shape index (κ2) is 7.15. The molecular weight excluding hydrogens is 342 g/mol. The average molecular weight is 363 g/mol. The van der Waals surface area contributed by atoms with Crippen LogP contribution in [0.25, 0.3) is 5.69 Å². The van der Waals surface area contributed by atoms with Crippen molar-refractivity contribution in [1.29, 1.82) is 0 Å². The largest absolute Gasteiger partial charge is 0.459 e. The van der Waals surface area contributed by atoms with Gasteiger partial charge >= 0.3 is 0 Å². The van der Waals surface area contributed by atoms with Gasteiger partial charge in [-0.3, -0.25) is 9.59 Å². The van der Waals surface area contributed by atoms with Gasteiger partial charge in [-0.15, -0.1) is 0 Å². The van der Waals surface area contributed by atoms with Gasteiger partial charge in [-0.25, -0.2) is 0 Å². The Morgan fingerprint density at radius 2 is 1.56 bits per heavy atom. The smallest absolute Gasteiger partial charge is 0.289 e. The molecule has 3 aromatic rings. The van der Waals surface area contributed by atoms with E-state index in [2.05, 4.69) is 0 Å². The highest BCUT2D eigenvalue weighted by molar-refractivity contribution is 5.95. The van der Waals surface area contributed by atoms with Crippen molar-refractivity contribution in [1.82, 2.24) is 14.4 Å². The van der Waals surface area contributed by atoms with Crippen LogP contribution in [-0.4, -0.2) is 52.4 Å². The monoisotopic (exact) mass is 363 g/mol. The third-order valence-electron chi connectivity index (χ3n) is 4.92. The van der Waals surface area contributed by atoms with E-state index < -0.39 is 0 Å². The Hall–Kier alpha value is -3.28. The first kappa shape index (κ1) is 17.1. The van der Waals surface area contributed by atoms with Crippen LogP contribution in [0.4, 0.5) is 0 Å². The first-order valence-corrected chi connectivity index (χ1v) is 8.99. The molecule has 1 aliphatic rings. The Morgan fingerprint density at radius 1 is 0.889 bits per heavy atom. The first-order valence-electron chi connectivity index (χ1n) is 8.99. The molecular formula is C21H21N3O3. The maximum absolute atomic E-state index is 12.9. The molecule has 6 heteroatoms. The third kappa shape index (κ3) is 3.38. The number of hydrogen-bond donors (Lipinski definition) is 0. The first-order chi connectivity index (χ1) is 13.1. The summed E-state index contributed by atoms with van der Waals surface area (Å²) in [6.07, 6.45) is 5.43. The lowest BCUT2D eigenvalue weighted by atomic mass is 10.1. The van der Waals surface area contributed by atoms with Gasteiger partial charge in [0.2, 0.25) is 0 Å². The lowest BCUT2D eigenvalue weighted by Crippen LogP contribution is -2.50. The number of aryl methyl sites for hydroxylation is 1. The van der Waals surface area contributed by atoms with Gasteiger partial charge in [-0.05, 0) is 48.9 Å². The predicted molar refractivity (Wildman–Crippen MR) is 101 cm³/mol. The van der Waals surface area contributed by atoms with Gasteiger partial charge in [0.15, 0.2) is 5.76 Å². The minimum Gasteiger partial charge on any atom is -0.459 e. The van der Waals surface area contributed by atoms with E-state index in [1.807, 2.05) is 54.2 Å². The van der Waals surface area contributed by atoms with E-state index in [4.69, 9.17) is 4.42 Å². The lowest BCUT2D eigenvalue weighted by Gasteiger charge is -2.34. The molecule has 2 aromatic heterocycles. The maximum Gasteiger partial charge on any atom is 0.289 e. The van der Waals surface area contributed by atoms with Gasteiger partial charge in [-0.1, -0.05) is 6.07 Å². The molecule has 0 atom stereocenters. The number of rotatable bonds is 3. The Kier molecular flexibility index (Phi) is 4.54. The van der Waals surface area contributed by atoms with Gasteiger partial charge in [0.1, 0.15) is 0 Å². The number of amides is 2. The highest BCUT2D eigenvalue weighted by atomic mass is 16.3. The van der Waals surface area contributed by atoms with Crippen LogP contribution in [0.5, 0.6) is 0 Å². The number of aromatic nitrogens is 1. The van der Waals surface area contributed by atoms with Crippen LogP contribution in [0.3, 0.4) is 0 Å². The van der Waals surface area contributed by atoms with Crippen LogP contribution in [0.2, 0.25) is 0 Å². The van der Waals surface area contributed by atoms with Crippen LogP contribution in [0, 0.1) is 6.92 Å². The summed E-state index contributed by atoms with van der Waals surface area (Å²) in [5, 5.41) is 0. The van der Waals surface area contributed by atoms with Crippen molar-refractivity contribution in [2.24, 2.45) is 0 Å². The summed E-state index contributed by atoms with van der Waals surface area (Å²) in [5.41, 5.74) is 2.77. The molecule has 6 nitrogen and oxygen atoms in total. The minimum atomic E-state index is -0.127. The molecule has 4 rings (SSSR count). The summed E-state index contributed by atoms with van der Waals surface area (Å²) < 4.78 is 7.18. The van der Waals surface area contributed by atoms with Crippen molar-refractivity contribution < 1.29 is 14.0 Å². The van der Waals surface area contributed by atoms with Crippen LogP contribution in [0.1, 0.15) is 26.5 Å². The molecule has 1 aliphatic heterocycles. The molecule has 1 aromatic carbocycles. The van der Waals surface area contributed by atoms with E-state index in [-0.39, 0.29) is 11.8 Å². The fourth-order valence-electron chi connectivity index (χ4n) is 3.37. The number of piperazine rings is 1. The fraction of sp³-hybridized carbons (Fsp3) is 0.238. The third-order valence-corrected chi connectivity index (χ3v) is 4.92. The number of furan rings is 1. The number of hydrogen-bond acceptors (Lipinski definition) is 3. The number of carbonyl (C=O) groups excluding carboxylic acids is 2. The zero-order valence-electron chi connectivity index (χ0n) is 15.2. The molecule has 0 N–H and O–H groups in total. The number of nitrogens with zero attached hydrogens (tertiary/aromatic N) is 3. The van der Waals surface area contributed by atoms with E-state index in [1.54, 1.807) is 21.9 Å². The fourth-order valence-corrected chi connectivity index (χ4v) is 3.37. The summed E-state index contributed by atoms with van der Waals surface area (Å²) in [6, 6.07) is 13.1. The molecule has 1 saturated heterocycles. The van der Waals surface area contributed by atoms with Crippen LogP contribution in [0.15, 0.2) is 65.5 Å². The van der Waals surface area contributed by atoms with Gasteiger partial charge < -0.3 is 18.8 Å². The van der Waals surface area contributed by atoms with E-state index in [0.29, 0.717) is 37.5 Å². The van der Waals surface area contributed by atoms with Gasteiger partial charge in [0, 0.05) is 49.8 Å². The Labute approximate surface area is 157 Å². The van der Waals surface area contributed by atoms with Gasteiger partial charge in [-0.2, -0.15) is 0 Å². The number of carbonyl (C=O) groups is 2. The maximum atomic E-state index is 12.9. The van der Waals surface area contributed by atoms with Crippen molar-refractivity contribution in [2.75, 3.05) is 26.2 Å². The number of benzene rings is 1. The van der Waals surface area contributed by atoms with Crippen molar-refractivity contribution in [3.05, 3.63) is 78.0 Å². The molecule has 1 fully saturated rings. The topological polar surface area (TPSA) is 58.7 Å². The van der Waals surface area contributed by atoms with Crippen LogP contribution < -0.4 is 0 Å². The Balaban J connectivity index is 1.45. The summed E-state index contributed by atoms with van der Waals surface area (Å²) in [7, 11) is 0. The molecule has 0 bridgehead atoms. The Bertz CT molecular complexity index is 937. The standard InChI is InChI=1S/C21H21N3O3/c1-16-6-7-17(15-18(16)22-8-2-3-9-22)20(25)23-10-12-24(13-11-23)21(26)19-5-4-14-27-19/h2-9,14-15H,10-13H2,1H3. The van der Waals surface area contributed by atoms with Crippen molar-refractivity contribution in [2.45, 2.75) is 6.92 Å². The highest BCUT2D eigenvalue weighted by Gasteiger charge is 2.26. The van der Waals surface area contributed by atoms with E-state index >= 15 is 0 Å². The van der Waals surface area contributed by atoms with Crippen molar-refractivity contribution in [3.8, 4) is 5.69 Å². The normalized spacial score (nSPS) is 14.4. The summed E-state index contributed by atoms with van der Waals surface area (Å²) >= 11 is 0. The molecule has 0 spiro atoms. The van der Waals surface area contributed by atoms with Crippen LogP contribution >= 0.6 is 0 Å². The highest BCUT2D eigenvalue weighted by Crippen LogP contribution is 2.19. The molecule has 3 heterocycles. The summed E-state index contributed by atoms with van der Waals surface area (Å²) in [4.78, 5) is 28.8. The zero-order chi connectivity index (χ0) is 18.8. The quantitative estimate of drug-likeness (QED) is 0.719. The zero-order valence-corrected chi connectivity index (χ0v) is 15.2. The molecule has 0 unspecified atom stereocenters. The van der Waals surface area contributed by atoms with E-state index in [9.17, 15) is 9.59 Å². The van der Waals surface area contributed by atoms with Gasteiger partial charge in [0.05, 0.1) is 6.26 Å². The minimum absolute atomic E-state index is 0.00602. The van der Waals surface area contributed by atoms with Crippen molar-refractivity contribution >= 4 is 11.8 Å². The van der Waals surface area contributed by atoms with Crippen LogP contribution in [-0.2, 0) is 0 Å². The van der Waals surface area contributed by atoms with Gasteiger partial charge in [0.25, 0.3) is 11.8 Å². The SMILES string of the molecule is Cc1ccc(C(=O)N2CCN(C(=O)c3ccco3)CC2)cc1-n1cccc1. The van der Waals surface area contributed by atoms with Crippen molar-refractivity contribution in [3.63, 3.8) is 0 Å². The average Bonchev–Trinajstić information content (AvgIpc) is 3.41. The second-order valence-corrected chi connectivity index (χ2v) is 6.65. The second-order valence-electron chi connectivity index (χ2n) is 6.65. The molecule has 0 radical (unpaired) electrons. The summed E-state index contributed by atoms with van der Waals surface area (Å²) in [5.74, 6) is 0.204. The molecule has 0 saturated carbocycles. The van der Waals surface area contributed by atoms with E-state index in [1.165, 1.54) is 6.26 Å². The van der Waals surface area contributed by atoms with E-state index in [0.717, 1.165) is 11.3 Å². The molecule has 2 amide bonds. The predicted octanol–water partition coefficient (Wildman–Crippen LogP) is 2.98. The molecule has 27 heavy (non-hydrogen) atoms. The lowest BCUT2D eigenvalue weighted by molar-refractivity contribution is 0.0518. The molecule has 0 aliphatic carbocycles. The summed E-state index contributed by atoms with van der Waals surface area (Å²) in [6.45, 7) is 4.06. The molecule has 138 valence electrons. The Morgan fingerprint density at radius 3 is 2.19 bits per heavy atom.